The van der Waals surface area contributed by atoms with E-state index in [2.05, 4.69) is 46.0 Å². The standard InChI is InChI=1S/C18H20N4O/c1-13-2-5-15(6-3-13)21-8-10-22(11-9-21)18-20-16-12-14(19)4-7-17(16)23-18/h2-7,12H,8-11,19H2,1H3. The number of aromatic nitrogens is 1. The molecule has 1 fully saturated rings. The summed E-state index contributed by atoms with van der Waals surface area (Å²) in [4.78, 5) is 9.16. The molecule has 0 aliphatic carbocycles. The summed E-state index contributed by atoms with van der Waals surface area (Å²) in [6.45, 7) is 5.84. The van der Waals surface area contributed by atoms with E-state index in [1.165, 1.54) is 11.3 Å². The van der Waals surface area contributed by atoms with Gasteiger partial charge in [-0.15, -0.1) is 0 Å². The summed E-state index contributed by atoms with van der Waals surface area (Å²) in [5, 5.41) is 0. The second-order valence-electron chi connectivity index (χ2n) is 6.03. The first-order valence-corrected chi connectivity index (χ1v) is 7.92. The lowest BCUT2D eigenvalue weighted by Crippen LogP contribution is -2.46. The molecule has 4 rings (SSSR count). The van der Waals surface area contributed by atoms with Crippen LogP contribution in [0.2, 0.25) is 0 Å². The van der Waals surface area contributed by atoms with Crippen LogP contribution in [0.25, 0.3) is 11.1 Å². The smallest absolute Gasteiger partial charge is 0.298 e. The van der Waals surface area contributed by atoms with Crippen LogP contribution in [-0.2, 0) is 0 Å². The maximum atomic E-state index is 5.86. The predicted molar refractivity (Wildman–Crippen MR) is 94.0 cm³/mol. The van der Waals surface area contributed by atoms with Crippen LogP contribution >= 0.6 is 0 Å². The van der Waals surface area contributed by atoms with Crippen molar-refractivity contribution >= 4 is 28.5 Å². The molecule has 1 aliphatic heterocycles. The van der Waals surface area contributed by atoms with Crippen molar-refractivity contribution in [2.75, 3.05) is 41.7 Å². The van der Waals surface area contributed by atoms with Gasteiger partial charge in [0.15, 0.2) is 5.58 Å². The summed E-state index contributed by atoms with van der Waals surface area (Å²) in [6, 6.07) is 15.0. The number of rotatable bonds is 2. The Labute approximate surface area is 135 Å². The van der Waals surface area contributed by atoms with E-state index in [1.54, 1.807) is 0 Å². The molecule has 2 N–H and O–H groups in total. The third-order valence-corrected chi connectivity index (χ3v) is 4.35. The third-order valence-electron chi connectivity index (χ3n) is 4.35. The normalized spacial score (nSPS) is 15.3. The number of oxazole rings is 1. The van der Waals surface area contributed by atoms with Crippen molar-refractivity contribution < 1.29 is 4.42 Å². The molecule has 0 atom stereocenters. The first kappa shape index (κ1) is 13.9. The van der Waals surface area contributed by atoms with Crippen molar-refractivity contribution in [3.8, 4) is 0 Å². The highest BCUT2D eigenvalue weighted by Gasteiger charge is 2.21. The SMILES string of the molecule is Cc1ccc(N2CCN(c3nc4cc(N)ccc4o3)CC2)cc1. The Hall–Kier alpha value is -2.69. The number of hydrogen-bond acceptors (Lipinski definition) is 5. The molecule has 0 radical (unpaired) electrons. The molecule has 1 aliphatic rings. The topological polar surface area (TPSA) is 58.5 Å². The van der Waals surface area contributed by atoms with Gasteiger partial charge in [-0.3, -0.25) is 0 Å². The van der Waals surface area contributed by atoms with Crippen LogP contribution in [0, 0.1) is 6.92 Å². The fourth-order valence-corrected chi connectivity index (χ4v) is 2.98. The number of fused-ring (bicyclic) bond motifs is 1. The summed E-state index contributed by atoms with van der Waals surface area (Å²) in [5.74, 6) is 0. The summed E-state index contributed by atoms with van der Waals surface area (Å²) >= 11 is 0. The molecule has 3 aromatic rings. The number of benzene rings is 2. The highest BCUT2D eigenvalue weighted by molar-refractivity contribution is 5.78. The highest BCUT2D eigenvalue weighted by Crippen LogP contribution is 2.25. The molecular formula is C18H20N4O. The fourth-order valence-electron chi connectivity index (χ4n) is 2.98. The van der Waals surface area contributed by atoms with Gasteiger partial charge in [-0.05, 0) is 37.3 Å². The third kappa shape index (κ3) is 2.70. The Kier molecular flexibility index (Phi) is 3.33. The minimum absolute atomic E-state index is 0.689. The van der Waals surface area contributed by atoms with Crippen LogP contribution in [0.4, 0.5) is 17.4 Å². The molecule has 118 valence electrons. The molecule has 23 heavy (non-hydrogen) atoms. The van der Waals surface area contributed by atoms with Gasteiger partial charge in [0.25, 0.3) is 6.01 Å². The van der Waals surface area contributed by atoms with Gasteiger partial charge >= 0.3 is 0 Å². The molecule has 5 nitrogen and oxygen atoms in total. The Morgan fingerprint density at radius 1 is 0.957 bits per heavy atom. The van der Waals surface area contributed by atoms with Crippen LogP contribution in [0.5, 0.6) is 0 Å². The maximum Gasteiger partial charge on any atom is 0.298 e. The molecule has 0 spiro atoms. The van der Waals surface area contributed by atoms with Crippen LogP contribution in [0.1, 0.15) is 5.56 Å². The van der Waals surface area contributed by atoms with Crippen molar-refractivity contribution in [1.29, 1.82) is 0 Å². The van der Waals surface area contributed by atoms with Crippen LogP contribution in [0.15, 0.2) is 46.9 Å². The van der Waals surface area contributed by atoms with E-state index in [0.717, 1.165) is 37.3 Å². The number of piperazine rings is 1. The monoisotopic (exact) mass is 308 g/mol. The van der Waals surface area contributed by atoms with E-state index in [0.29, 0.717) is 11.7 Å². The molecule has 1 saturated heterocycles. The van der Waals surface area contributed by atoms with Gasteiger partial charge in [0, 0.05) is 37.6 Å². The largest absolute Gasteiger partial charge is 0.423 e. The van der Waals surface area contributed by atoms with Crippen LogP contribution in [0.3, 0.4) is 0 Å². The number of nitrogen functional groups attached to an aromatic ring is 1. The molecule has 0 bridgehead atoms. The van der Waals surface area contributed by atoms with Crippen molar-refractivity contribution in [3.05, 3.63) is 48.0 Å². The van der Waals surface area contributed by atoms with Crippen LogP contribution in [-0.4, -0.2) is 31.2 Å². The summed E-state index contributed by atoms with van der Waals surface area (Å²) < 4.78 is 5.86. The predicted octanol–water partition coefficient (Wildman–Crippen LogP) is 3.05. The first-order chi connectivity index (χ1) is 11.2. The van der Waals surface area contributed by atoms with E-state index in [1.807, 2.05) is 18.2 Å². The summed E-state index contributed by atoms with van der Waals surface area (Å²) in [5.41, 5.74) is 10.7. The van der Waals surface area contributed by atoms with Gasteiger partial charge in [-0.1, -0.05) is 17.7 Å². The minimum atomic E-state index is 0.689. The number of nitrogens with zero attached hydrogens (tertiary/aromatic N) is 3. The van der Waals surface area contributed by atoms with Gasteiger partial charge in [0.1, 0.15) is 5.52 Å². The maximum absolute atomic E-state index is 5.86. The zero-order valence-electron chi connectivity index (χ0n) is 13.2. The lowest BCUT2D eigenvalue weighted by atomic mass is 10.2. The van der Waals surface area contributed by atoms with Gasteiger partial charge in [-0.25, -0.2) is 0 Å². The lowest BCUT2D eigenvalue weighted by molar-refractivity contribution is 0.542. The quantitative estimate of drug-likeness (QED) is 0.737. The van der Waals surface area contributed by atoms with Crippen molar-refractivity contribution in [3.63, 3.8) is 0 Å². The Bertz CT molecular complexity index is 817. The Balaban J connectivity index is 1.48. The highest BCUT2D eigenvalue weighted by atomic mass is 16.4. The molecule has 2 heterocycles. The van der Waals surface area contributed by atoms with Gasteiger partial charge < -0.3 is 20.0 Å². The molecule has 0 amide bonds. The average Bonchev–Trinajstić information content (AvgIpc) is 2.99. The van der Waals surface area contributed by atoms with E-state index >= 15 is 0 Å². The van der Waals surface area contributed by atoms with E-state index < -0.39 is 0 Å². The second-order valence-corrected chi connectivity index (χ2v) is 6.03. The first-order valence-electron chi connectivity index (χ1n) is 7.92. The molecular weight excluding hydrogens is 288 g/mol. The van der Waals surface area contributed by atoms with Crippen molar-refractivity contribution in [1.82, 2.24) is 4.98 Å². The molecule has 2 aromatic carbocycles. The number of hydrogen-bond donors (Lipinski definition) is 1. The summed E-state index contributed by atoms with van der Waals surface area (Å²) in [7, 11) is 0. The van der Waals surface area contributed by atoms with Gasteiger partial charge in [0.2, 0.25) is 0 Å². The Morgan fingerprint density at radius 2 is 1.65 bits per heavy atom. The van der Waals surface area contributed by atoms with Gasteiger partial charge in [-0.2, -0.15) is 4.98 Å². The zero-order chi connectivity index (χ0) is 15.8. The van der Waals surface area contributed by atoms with E-state index in [4.69, 9.17) is 10.2 Å². The second kappa shape index (κ2) is 5.50. The Morgan fingerprint density at radius 3 is 2.39 bits per heavy atom. The van der Waals surface area contributed by atoms with E-state index in [-0.39, 0.29) is 0 Å². The van der Waals surface area contributed by atoms with Gasteiger partial charge in [0.05, 0.1) is 0 Å². The molecule has 0 unspecified atom stereocenters. The number of nitrogens with two attached hydrogens (primary N) is 1. The number of aryl methyl sites for hydroxylation is 1. The zero-order valence-corrected chi connectivity index (χ0v) is 13.2. The van der Waals surface area contributed by atoms with Crippen LogP contribution < -0.4 is 15.5 Å². The minimum Gasteiger partial charge on any atom is -0.423 e. The summed E-state index contributed by atoms with van der Waals surface area (Å²) in [6.07, 6.45) is 0. The molecule has 0 saturated carbocycles. The average molecular weight is 308 g/mol. The lowest BCUT2D eigenvalue weighted by Gasteiger charge is -2.35. The molecule has 5 heteroatoms. The number of anilines is 3. The van der Waals surface area contributed by atoms with Crippen molar-refractivity contribution in [2.24, 2.45) is 0 Å². The molecule has 1 aromatic heterocycles. The fraction of sp³-hybridized carbons (Fsp3) is 0.278. The van der Waals surface area contributed by atoms with Crippen molar-refractivity contribution in [2.45, 2.75) is 6.92 Å². The van der Waals surface area contributed by atoms with E-state index in [9.17, 15) is 0 Å².